The molecular weight excluding hydrogens is 352 g/mol. The molecule has 28 heavy (non-hydrogen) atoms. The van der Waals surface area contributed by atoms with E-state index >= 15 is 0 Å². The molecule has 3 aromatic rings. The normalized spacial score (nSPS) is 15.6. The molecular formula is C23H24N2O3. The minimum absolute atomic E-state index is 0.219. The zero-order valence-electron chi connectivity index (χ0n) is 16.6. The molecule has 1 atom stereocenters. The van der Waals surface area contributed by atoms with E-state index in [1.54, 1.807) is 7.11 Å². The van der Waals surface area contributed by atoms with Gasteiger partial charge in [-0.1, -0.05) is 24.3 Å². The van der Waals surface area contributed by atoms with Gasteiger partial charge in [0.1, 0.15) is 17.6 Å². The van der Waals surface area contributed by atoms with Crippen LogP contribution in [0.4, 0.5) is 0 Å². The fourth-order valence-corrected chi connectivity index (χ4v) is 3.88. The van der Waals surface area contributed by atoms with E-state index in [1.165, 1.54) is 0 Å². The lowest BCUT2D eigenvalue weighted by atomic mass is 9.99. The first-order valence-corrected chi connectivity index (χ1v) is 9.44. The maximum Gasteiger partial charge on any atom is 0.354 e. The maximum absolute atomic E-state index is 12.5. The molecule has 1 unspecified atom stereocenters. The van der Waals surface area contributed by atoms with E-state index in [1.807, 2.05) is 31.2 Å². The van der Waals surface area contributed by atoms with E-state index in [2.05, 4.69) is 48.0 Å². The van der Waals surface area contributed by atoms with Gasteiger partial charge in [0.2, 0.25) is 0 Å². The van der Waals surface area contributed by atoms with Crippen LogP contribution in [0.2, 0.25) is 0 Å². The number of carbonyl (C=O) groups excluding carboxylic acids is 1. The molecule has 1 aliphatic heterocycles. The molecule has 1 N–H and O–H groups in total. The number of benzene rings is 2. The lowest BCUT2D eigenvalue weighted by Crippen LogP contribution is -2.35. The van der Waals surface area contributed by atoms with E-state index in [0.29, 0.717) is 12.3 Å². The smallest absolute Gasteiger partial charge is 0.354 e. The molecule has 0 bridgehead atoms. The minimum atomic E-state index is -0.341. The number of para-hydroxylation sites is 1. The van der Waals surface area contributed by atoms with Crippen molar-refractivity contribution in [3.05, 3.63) is 70.5 Å². The Morgan fingerprint density at radius 2 is 1.93 bits per heavy atom. The van der Waals surface area contributed by atoms with Crippen LogP contribution in [0.5, 0.6) is 5.75 Å². The first-order chi connectivity index (χ1) is 13.5. The van der Waals surface area contributed by atoms with Crippen LogP contribution in [0.1, 0.15) is 35.5 Å². The third-order valence-corrected chi connectivity index (χ3v) is 5.41. The molecule has 5 nitrogen and oxygen atoms in total. The SMILES string of the molecule is CCOC(=O)C1=Cc2cc3ccccc3n2C(c2ccc(OC)c(C)c2C)N1. The predicted molar refractivity (Wildman–Crippen MR) is 110 cm³/mol. The lowest BCUT2D eigenvalue weighted by Gasteiger charge is -2.31. The van der Waals surface area contributed by atoms with Gasteiger partial charge >= 0.3 is 5.97 Å². The summed E-state index contributed by atoms with van der Waals surface area (Å²) in [6.45, 7) is 6.29. The molecule has 4 rings (SSSR count). The first kappa shape index (κ1) is 18.2. The van der Waals surface area contributed by atoms with Gasteiger partial charge in [0.15, 0.2) is 0 Å². The Bertz CT molecular complexity index is 1090. The Labute approximate surface area is 164 Å². The predicted octanol–water partition coefficient (Wildman–Crippen LogP) is 4.32. The van der Waals surface area contributed by atoms with Crippen molar-refractivity contribution in [1.82, 2.24) is 9.88 Å². The fourth-order valence-electron chi connectivity index (χ4n) is 3.88. The van der Waals surface area contributed by atoms with Crippen LogP contribution >= 0.6 is 0 Å². The second kappa shape index (κ2) is 7.08. The van der Waals surface area contributed by atoms with Crippen LogP contribution in [-0.2, 0) is 9.53 Å². The number of methoxy groups -OCH3 is 1. The maximum atomic E-state index is 12.5. The van der Waals surface area contributed by atoms with Crippen LogP contribution in [0.25, 0.3) is 17.0 Å². The van der Waals surface area contributed by atoms with Crippen LogP contribution in [-0.4, -0.2) is 24.3 Å². The Balaban J connectivity index is 1.92. The van der Waals surface area contributed by atoms with Crippen molar-refractivity contribution in [3.63, 3.8) is 0 Å². The highest BCUT2D eigenvalue weighted by atomic mass is 16.5. The van der Waals surface area contributed by atoms with Crippen molar-refractivity contribution in [3.8, 4) is 5.75 Å². The van der Waals surface area contributed by atoms with Gasteiger partial charge in [0.25, 0.3) is 0 Å². The average Bonchev–Trinajstić information content (AvgIpc) is 3.08. The summed E-state index contributed by atoms with van der Waals surface area (Å²) < 4.78 is 12.9. The molecule has 2 aromatic carbocycles. The Morgan fingerprint density at radius 3 is 2.68 bits per heavy atom. The van der Waals surface area contributed by atoms with Crippen molar-refractivity contribution >= 4 is 22.9 Å². The summed E-state index contributed by atoms with van der Waals surface area (Å²) in [7, 11) is 1.68. The summed E-state index contributed by atoms with van der Waals surface area (Å²) in [4.78, 5) is 12.5. The van der Waals surface area contributed by atoms with Gasteiger partial charge in [-0.15, -0.1) is 0 Å². The van der Waals surface area contributed by atoms with Gasteiger partial charge in [0, 0.05) is 11.1 Å². The summed E-state index contributed by atoms with van der Waals surface area (Å²) in [5.74, 6) is 0.516. The number of ether oxygens (including phenoxy) is 2. The van der Waals surface area contributed by atoms with E-state index in [0.717, 1.165) is 39.0 Å². The van der Waals surface area contributed by atoms with Crippen LogP contribution in [0.3, 0.4) is 0 Å². The summed E-state index contributed by atoms with van der Waals surface area (Å²) >= 11 is 0. The molecule has 0 aliphatic carbocycles. The van der Waals surface area contributed by atoms with Gasteiger partial charge < -0.3 is 19.4 Å². The molecule has 2 heterocycles. The van der Waals surface area contributed by atoms with Gasteiger partial charge in [-0.2, -0.15) is 0 Å². The third-order valence-electron chi connectivity index (χ3n) is 5.41. The highest BCUT2D eigenvalue weighted by Crippen LogP contribution is 2.35. The number of nitrogens with one attached hydrogen (secondary N) is 1. The zero-order valence-corrected chi connectivity index (χ0v) is 16.6. The van der Waals surface area contributed by atoms with E-state index in [-0.39, 0.29) is 12.1 Å². The number of nitrogens with zero attached hydrogens (tertiary/aromatic N) is 1. The molecule has 0 amide bonds. The zero-order chi connectivity index (χ0) is 19.8. The van der Waals surface area contributed by atoms with Crippen LogP contribution in [0.15, 0.2) is 48.2 Å². The minimum Gasteiger partial charge on any atom is -0.496 e. The quantitative estimate of drug-likeness (QED) is 0.689. The second-order valence-corrected chi connectivity index (χ2v) is 6.93. The molecule has 0 saturated heterocycles. The molecule has 144 valence electrons. The molecule has 0 saturated carbocycles. The molecule has 5 heteroatoms. The molecule has 1 aromatic heterocycles. The van der Waals surface area contributed by atoms with Gasteiger partial charge in [-0.05, 0) is 61.7 Å². The van der Waals surface area contributed by atoms with Crippen molar-refractivity contribution in [1.29, 1.82) is 0 Å². The Kier molecular flexibility index (Phi) is 4.59. The number of carbonyl (C=O) groups is 1. The number of hydrogen-bond donors (Lipinski definition) is 1. The number of hydrogen-bond acceptors (Lipinski definition) is 4. The standard InChI is InChI=1S/C23H24N2O3/c1-5-28-23(26)19-13-17-12-16-8-6-7-9-20(16)25(17)22(24-19)18-10-11-21(27-4)15(3)14(18)2/h6-13,22,24H,5H2,1-4H3. The fraction of sp³-hybridized carbons (Fsp3) is 0.261. The van der Waals surface area contributed by atoms with Gasteiger partial charge in [-0.3, -0.25) is 0 Å². The van der Waals surface area contributed by atoms with E-state index in [4.69, 9.17) is 9.47 Å². The summed E-state index contributed by atoms with van der Waals surface area (Å²) in [5.41, 5.74) is 5.87. The monoisotopic (exact) mass is 376 g/mol. The highest BCUT2D eigenvalue weighted by Gasteiger charge is 2.28. The number of rotatable bonds is 4. The molecule has 0 fully saturated rings. The number of fused-ring (bicyclic) bond motifs is 3. The first-order valence-electron chi connectivity index (χ1n) is 9.44. The average molecular weight is 376 g/mol. The summed E-state index contributed by atoms with van der Waals surface area (Å²) in [5, 5.41) is 4.54. The van der Waals surface area contributed by atoms with Crippen molar-refractivity contribution in [2.24, 2.45) is 0 Å². The van der Waals surface area contributed by atoms with E-state index in [9.17, 15) is 4.79 Å². The van der Waals surface area contributed by atoms with Crippen molar-refractivity contribution in [2.75, 3.05) is 13.7 Å². The largest absolute Gasteiger partial charge is 0.496 e. The Morgan fingerprint density at radius 1 is 1.14 bits per heavy atom. The van der Waals surface area contributed by atoms with Crippen molar-refractivity contribution < 1.29 is 14.3 Å². The summed E-state index contributed by atoms with van der Waals surface area (Å²) in [6, 6.07) is 14.4. The summed E-state index contributed by atoms with van der Waals surface area (Å²) in [6.07, 6.45) is 1.64. The van der Waals surface area contributed by atoms with Crippen LogP contribution < -0.4 is 10.1 Å². The molecule has 1 aliphatic rings. The topological polar surface area (TPSA) is 52.5 Å². The molecule has 0 spiro atoms. The number of aromatic nitrogens is 1. The van der Waals surface area contributed by atoms with Crippen molar-refractivity contribution in [2.45, 2.75) is 26.9 Å². The van der Waals surface area contributed by atoms with Gasteiger partial charge in [0.05, 0.1) is 19.2 Å². The molecule has 0 radical (unpaired) electrons. The highest BCUT2D eigenvalue weighted by molar-refractivity contribution is 5.95. The van der Waals surface area contributed by atoms with E-state index < -0.39 is 0 Å². The van der Waals surface area contributed by atoms with Gasteiger partial charge in [-0.25, -0.2) is 4.79 Å². The van der Waals surface area contributed by atoms with Crippen LogP contribution in [0, 0.1) is 13.8 Å². The lowest BCUT2D eigenvalue weighted by molar-refractivity contribution is -0.139. The number of esters is 1. The second-order valence-electron chi connectivity index (χ2n) is 6.93. The Hall–Kier alpha value is -3.21. The third kappa shape index (κ3) is 2.83.